The Hall–Kier alpha value is -1.51. The molecule has 6 rings (SSSR count). The number of benzene rings is 1. The first-order valence-corrected chi connectivity index (χ1v) is 9.67. The summed E-state index contributed by atoms with van der Waals surface area (Å²) in [6, 6.07) is 8.28. The van der Waals surface area contributed by atoms with Crippen LogP contribution in [0.25, 0.3) is 0 Å². The largest absolute Gasteiger partial charge is 0.445 e. The number of hydrogen-bond acceptors (Lipinski definition) is 2. The van der Waals surface area contributed by atoms with Crippen molar-refractivity contribution in [3.63, 3.8) is 0 Å². The molecule has 1 aliphatic heterocycles. The summed E-state index contributed by atoms with van der Waals surface area (Å²) in [6.45, 7) is 3.25. The Kier molecular flexibility index (Phi) is 3.23. The number of rotatable bonds is 1. The van der Waals surface area contributed by atoms with Crippen LogP contribution in [-0.4, -0.2) is 18.7 Å². The maximum absolute atomic E-state index is 12.9. The second-order valence-electron chi connectivity index (χ2n) is 9.01. The molecule has 1 aromatic rings. The number of anilines is 1. The van der Waals surface area contributed by atoms with E-state index in [9.17, 15) is 4.79 Å². The van der Waals surface area contributed by atoms with Gasteiger partial charge >= 0.3 is 6.09 Å². The molecule has 2 atom stereocenters. The Balaban J connectivity index is 1.35. The van der Waals surface area contributed by atoms with Crippen molar-refractivity contribution in [1.29, 1.82) is 0 Å². The van der Waals surface area contributed by atoms with Gasteiger partial charge in [-0.25, -0.2) is 4.79 Å². The molecule has 4 saturated carbocycles. The average molecular weight is 325 g/mol. The fourth-order valence-corrected chi connectivity index (χ4v) is 6.48. The number of hydrogen-bond donors (Lipinski definition) is 0. The highest BCUT2D eigenvalue weighted by Crippen LogP contribution is 2.60. The number of carbonyl (C=O) groups excluding carboxylic acids is 1. The number of fused-ring (bicyclic) bond motifs is 1. The molecule has 128 valence electrons. The number of aryl methyl sites for hydroxylation is 1. The van der Waals surface area contributed by atoms with Gasteiger partial charge in [-0.1, -0.05) is 25.1 Å². The van der Waals surface area contributed by atoms with Gasteiger partial charge in [0, 0.05) is 6.54 Å². The summed E-state index contributed by atoms with van der Waals surface area (Å²) >= 11 is 0. The molecule has 0 N–H and O–H groups in total. The molecule has 0 aromatic heterocycles. The lowest BCUT2D eigenvalue weighted by Gasteiger charge is -2.58. The minimum Gasteiger partial charge on any atom is -0.445 e. The maximum Gasteiger partial charge on any atom is 0.414 e. The Morgan fingerprint density at radius 3 is 2.67 bits per heavy atom. The first-order chi connectivity index (χ1) is 11.6. The third-order valence-corrected chi connectivity index (χ3v) is 7.06. The Bertz CT molecular complexity index is 654. The van der Waals surface area contributed by atoms with Crippen molar-refractivity contribution in [2.24, 2.45) is 23.2 Å². The second-order valence-corrected chi connectivity index (χ2v) is 9.01. The van der Waals surface area contributed by atoms with E-state index in [1.165, 1.54) is 37.7 Å². The van der Waals surface area contributed by atoms with Crippen molar-refractivity contribution < 1.29 is 9.53 Å². The van der Waals surface area contributed by atoms with E-state index in [0.29, 0.717) is 17.3 Å². The Labute approximate surface area is 144 Å². The van der Waals surface area contributed by atoms with E-state index in [2.05, 4.69) is 25.1 Å². The molecule has 3 heteroatoms. The molecule has 5 aliphatic rings. The van der Waals surface area contributed by atoms with E-state index in [1.54, 1.807) is 0 Å². The highest BCUT2D eigenvalue weighted by atomic mass is 16.6. The summed E-state index contributed by atoms with van der Waals surface area (Å²) < 4.78 is 6.16. The maximum atomic E-state index is 12.9. The van der Waals surface area contributed by atoms with Gasteiger partial charge in [-0.15, -0.1) is 0 Å². The second kappa shape index (κ2) is 5.24. The average Bonchev–Trinajstić information content (AvgIpc) is 2.56. The predicted molar refractivity (Wildman–Crippen MR) is 94.0 cm³/mol. The molecule has 24 heavy (non-hydrogen) atoms. The molecule has 1 heterocycles. The van der Waals surface area contributed by atoms with E-state index in [-0.39, 0.29) is 12.2 Å². The summed E-state index contributed by atoms with van der Waals surface area (Å²) in [4.78, 5) is 14.8. The van der Waals surface area contributed by atoms with Crippen LogP contribution in [0.5, 0.6) is 0 Å². The quantitative estimate of drug-likeness (QED) is 0.743. The SMILES string of the molecule is CC12CC3CC(C1)C(OC(=O)N1CCCc4ccccc41)C(C3)C2. The number of ether oxygens (including phenoxy) is 1. The molecule has 0 radical (unpaired) electrons. The first kappa shape index (κ1) is 14.8. The Morgan fingerprint density at radius 1 is 1.17 bits per heavy atom. The van der Waals surface area contributed by atoms with Crippen molar-refractivity contribution in [2.45, 2.75) is 58.0 Å². The highest BCUT2D eigenvalue weighted by molar-refractivity contribution is 5.89. The monoisotopic (exact) mass is 325 g/mol. The van der Waals surface area contributed by atoms with E-state index in [1.807, 2.05) is 11.0 Å². The molecule has 3 nitrogen and oxygen atoms in total. The number of para-hydroxylation sites is 1. The first-order valence-electron chi connectivity index (χ1n) is 9.67. The van der Waals surface area contributed by atoms with Crippen LogP contribution in [0.3, 0.4) is 0 Å². The molecule has 4 fully saturated rings. The molecule has 2 unspecified atom stereocenters. The van der Waals surface area contributed by atoms with Gasteiger partial charge in [0.1, 0.15) is 6.10 Å². The van der Waals surface area contributed by atoms with Gasteiger partial charge in [0.2, 0.25) is 0 Å². The van der Waals surface area contributed by atoms with Crippen molar-refractivity contribution in [1.82, 2.24) is 0 Å². The Morgan fingerprint density at radius 2 is 1.92 bits per heavy atom. The van der Waals surface area contributed by atoms with Gasteiger partial charge in [0.05, 0.1) is 5.69 Å². The third-order valence-electron chi connectivity index (χ3n) is 7.06. The number of amides is 1. The standard InChI is InChI=1S/C21H27NO2/c1-21-11-14-9-16(12-21)19(17(10-14)13-21)24-20(23)22-8-4-6-15-5-2-3-7-18(15)22/h2-3,5,7,14,16-17,19H,4,6,8-13H2,1H3. The normalized spacial score (nSPS) is 39.6. The molecule has 4 aliphatic carbocycles. The van der Waals surface area contributed by atoms with Gasteiger partial charge in [0.25, 0.3) is 0 Å². The van der Waals surface area contributed by atoms with Crippen LogP contribution < -0.4 is 4.90 Å². The lowest BCUT2D eigenvalue weighted by molar-refractivity contribution is -0.128. The molecule has 4 bridgehead atoms. The van der Waals surface area contributed by atoms with Gasteiger partial charge in [-0.3, -0.25) is 4.90 Å². The van der Waals surface area contributed by atoms with Gasteiger partial charge in [-0.2, -0.15) is 0 Å². The summed E-state index contributed by atoms with van der Waals surface area (Å²) in [5, 5.41) is 0. The lowest BCUT2D eigenvalue weighted by atomic mass is 9.49. The smallest absolute Gasteiger partial charge is 0.414 e. The zero-order valence-electron chi connectivity index (χ0n) is 14.5. The molecular weight excluding hydrogens is 298 g/mol. The van der Waals surface area contributed by atoms with Crippen LogP contribution in [0.15, 0.2) is 24.3 Å². The van der Waals surface area contributed by atoms with Crippen molar-refractivity contribution in [3.05, 3.63) is 29.8 Å². The van der Waals surface area contributed by atoms with Crippen LogP contribution in [0, 0.1) is 23.2 Å². The van der Waals surface area contributed by atoms with E-state index >= 15 is 0 Å². The van der Waals surface area contributed by atoms with E-state index < -0.39 is 0 Å². The minimum atomic E-state index is -0.107. The molecule has 1 aromatic carbocycles. The molecule has 0 saturated heterocycles. The van der Waals surface area contributed by atoms with Crippen LogP contribution in [0.2, 0.25) is 0 Å². The lowest BCUT2D eigenvalue weighted by Crippen LogP contribution is -2.54. The predicted octanol–water partition coefficient (Wildman–Crippen LogP) is 4.79. The van der Waals surface area contributed by atoms with E-state index in [0.717, 1.165) is 31.0 Å². The van der Waals surface area contributed by atoms with E-state index in [4.69, 9.17) is 4.74 Å². The highest BCUT2D eigenvalue weighted by Gasteiger charge is 2.54. The zero-order chi connectivity index (χ0) is 16.3. The van der Waals surface area contributed by atoms with Gasteiger partial charge in [-0.05, 0) is 79.7 Å². The van der Waals surface area contributed by atoms with Gasteiger partial charge < -0.3 is 4.74 Å². The van der Waals surface area contributed by atoms with Crippen LogP contribution in [-0.2, 0) is 11.2 Å². The third kappa shape index (κ3) is 2.28. The minimum absolute atomic E-state index is 0.107. The van der Waals surface area contributed by atoms with Gasteiger partial charge in [0.15, 0.2) is 0 Å². The van der Waals surface area contributed by atoms with Crippen molar-refractivity contribution in [3.8, 4) is 0 Å². The van der Waals surface area contributed by atoms with Crippen LogP contribution in [0.1, 0.15) is 51.0 Å². The zero-order valence-corrected chi connectivity index (χ0v) is 14.5. The van der Waals surface area contributed by atoms with Crippen LogP contribution >= 0.6 is 0 Å². The summed E-state index contributed by atoms with van der Waals surface area (Å²) in [6.07, 6.45) is 8.63. The number of nitrogens with zero attached hydrogens (tertiary/aromatic N) is 1. The fourth-order valence-electron chi connectivity index (χ4n) is 6.48. The summed E-state index contributed by atoms with van der Waals surface area (Å²) in [7, 11) is 0. The molecular formula is C21H27NO2. The molecule has 0 spiro atoms. The number of carbonyl (C=O) groups is 1. The molecule has 1 amide bonds. The van der Waals surface area contributed by atoms with Crippen LogP contribution in [0.4, 0.5) is 10.5 Å². The summed E-state index contributed by atoms with van der Waals surface area (Å²) in [5.74, 6) is 2.09. The topological polar surface area (TPSA) is 29.5 Å². The van der Waals surface area contributed by atoms with Crippen molar-refractivity contribution in [2.75, 3.05) is 11.4 Å². The van der Waals surface area contributed by atoms with Crippen molar-refractivity contribution >= 4 is 11.8 Å². The summed E-state index contributed by atoms with van der Waals surface area (Å²) in [5.41, 5.74) is 2.86. The fraction of sp³-hybridized carbons (Fsp3) is 0.667.